The maximum Gasteiger partial charge on any atom is 0.254 e. The number of carbonyl (C=O) groups is 3. The number of amides is 3. The molecule has 0 aromatic heterocycles. The molecule has 33 heavy (non-hydrogen) atoms. The third-order valence-electron chi connectivity index (χ3n) is 6.48. The second-order valence-corrected chi connectivity index (χ2v) is 8.81. The molecule has 0 unspecified atom stereocenters. The van der Waals surface area contributed by atoms with Crippen molar-refractivity contribution in [2.45, 2.75) is 32.6 Å². The molecular formula is C26H32N4O3. The maximum absolute atomic E-state index is 12.8. The third-order valence-corrected chi connectivity index (χ3v) is 6.48. The second-order valence-electron chi connectivity index (χ2n) is 8.81. The molecule has 2 fully saturated rings. The first-order valence-corrected chi connectivity index (χ1v) is 11.8. The molecule has 7 heteroatoms. The van der Waals surface area contributed by atoms with Crippen LogP contribution in [0.2, 0.25) is 0 Å². The van der Waals surface area contributed by atoms with Gasteiger partial charge in [0.1, 0.15) is 6.42 Å². The number of hydrogen-bond acceptors (Lipinski definition) is 4. The van der Waals surface area contributed by atoms with E-state index < -0.39 is 0 Å². The number of nitrogens with zero attached hydrogens (tertiary/aromatic N) is 3. The summed E-state index contributed by atoms with van der Waals surface area (Å²) in [5, 5.41) is 2.83. The predicted molar refractivity (Wildman–Crippen MR) is 129 cm³/mol. The van der Waals surface area contributed by atoms with Crippen LogP contribution in [0.25, 0.3) is 0 Å². The highest BCUT2D eigenvalue weighted by molar-refractivity contribution is 6.03. The van der Waals surface area contributed by atoms with Crippen molar-refractivity contribution in [2.24, 2.45) is 0 Å². The van der Waals surface area contributed by atoms with Gasteiger partial charge in [-0.25, -0.2) is 0 Å². The van der Waals surface area contributed by atoms with Gasteiger partial charge in [-0.1, -0.05) is 18.2 Å². The van der Waals surface area contributed by atoms with Crippen LogP contribution in [0, 0.1) is 6.92 Å². The van der Waals surface area contributed by atoms with Crippen LogP contribution in [0.3, 0.4) is 0 Å². The number of piperidine rings is 1. The summed E-state index contributed by atoms with van der Waals surface area (Å²) in [5.41, 5.74) is 3.51. The smallest absolute Gasteiger partial charge is 0.254 e. The highest BCUT2D eigenvalue weighted by Crippen LogP contribution is 2.22. The molecule has 2 aliphatic heterocycles. The van der Waals surface area contributed by atoms with Crippen LogP contribution in [0.1, 0.15) is 41.6 Å². The van der Waals surface area contributed by atoms with Gasteiger partial charge in [0.2, 0.25) is 11.8 Å². The molecule has 3 amide bonds. The molecule has 2 heterocycles. The number of aryl methyl sites for hydroxylation is 1. The predicted octanol–water partition coefficient (Wildman–Crippen LogP) is 3.30. The molecule has 0 saturated carbocycles. The Kier molecular flexibility index (Phi) is 7.27. The summed E-state index contributed by atoms with van der Waals surface area (Å²) in [6.07, 6.45) is 3.53. The SMILES string of the molecule is Cc1ccccc1C(=O)N1CCN(C(=O)CC(=O)Nc2ccc(N3CCCCC3)cc2)CC1. The monoisotopic (exact) mass is 448 g/mol. The summed E-state index contributed by atoms with van der Waals surface area (Å²) < 4.78 is 0. The largest absolute Gasteiger partial charge is 0.372 e. The number of carbonyl (C=O) groups excluding carboxylic acids is 3. The Morgan fingerprint density at radius 2 is 1.42 bits per heavy atom. The minimum Gasteiger partial charge on any atom is -0.372 e. The minimum atomic E-state index is -0.316. The lowest BCUT2D eigenvalue weighted by atomic mass is 10.1. The van der Waals surface area contributed by atoms with Crippen LogP contribution in [-0.4, -0.2) is 66.8 Å². The normalized spacial score (nSPS) is 16.5. The standard InChI is InChI=1S/C26H32N4O3/c1-20-7-3-4-8-23(20)26(33)30-17-15-29(16-18-30)25(32)19-24(31)27-21-9-11-22(12-10-21)28-13-5-2-6-14-28/h3-4,7-12H,2,5-6,13-19H2,1H3,(H,27,31). The lowest BCUT2D eigenvalue weighted by molar-refractivity contribution is -0.135. The Bertz CT molecular complexity index is 991. The van der Waals surface area contributed by atoms with Crippen LogP contribution in [-0.2, 0) is 9.59 Å². The molecule has 2 saturated heterocycles. The van der Waals surface area contributed by atoms with Crippen molar-refractivity contribution in [1.29, 1.82) is 0 Å². The van der Waals surface area contributed by atoms with Gasteiger partial charge in [-0.15, -0.1) is 0 Å². The van der Waals surface area contributed by atoms with Crippen molar-refractivity contribution in [3.05, 3.63) is 59.7 Å². The van der Waals surface area contributed by atoms with E-state index in [1.807, 2.05) is 55.5 Å². The van der Waals surface area contributed by atoms with Crippen molar-refractivity contribution < 1.29 is 14.4 Å². The van der Waals surface area contributed by atoms with Crippen molar-refractivity contribution in [3.8, 4) is 0 Å². The van der Waals surface area contributed by atoms with Crippen molar-refractivity contribution >= 4 is 29.1 Å². The van der Waals surface area contributed by atoms with E-state index in [2.05, 4.69) is 10.2 Å². The molecule has 4 rings (SSSR count). The Balaban J connectivity index is 1.24. The lowest BCUT2D eigenvalue weighted by Gasteiger charge is -2.35. The second kappa shape index (κ2) is 10.5. The lowest BCUT2D eigenvalue weighted by Crippen LogP contribution is -2.51. The Hall–Kier alpha value is -3.35. The zero-order valence-electron chi connectivity index (χ0n) is 19.3. The van der Waals surface area contributed by atoms with Crippen molar-refractivity contribution in [3.63, 3.8) is 0 Å². The van der Waals surface area contributed by atoms with Crippen LogP contribution < -0.4 is 10.2 Å². The van der Waals surface area contributed by atoms with Crippen LogP contribution in [0.5, 0.6) is 0 Å². The van der Waals surface area contributed by atoms with Gasteiger partial charge in [0.15, 0.2) is 0 Å². The first kappa shape index (κ1) is 22.8. The summed E-state index contributed by atoms with van der Waals surface area (Å²) in [6, 6.07) is 15.4. The van der Waals surface area contributed by atoms with E-state index in [1.54, 1.807) is 9.80 Å². The van der Waals surface area contributed by atoms with Gasteiger partial charge in [0.25, 0.3) is 5.91 Å². The minimum absolute atomic E-state index is 0.00839. The van der Waals surface area contributed by atoms with Gasteiger partial charge in [-0.2, -0.15) is 0 Å². The first-order chi connectivity index (χ1) is 16.0. The molecule has 1 N–H and O–H groups in total. The Morgan fingerprint density at radius 1 is 0.788 bits per heavy atom. The molecule has 174 valence electrons. The van der Waals surface area contributed by atoms with E-state index in [-0.39, 0.29) is 24.1 Å². The molecule has 2 aliphatic rings. The van der Waals surface area contributed by atoms with Gasteiger partial charge >= 0.3 is 0 Å². The van der Waals surface area contributed by atoms with Crippen molar-refractivity contribution in [1.82, 2.24) is 9.80 Å². The summed E-state index contributed by atoms with van der Waals surface area (Å²) >= 11 is 0. The number of nitrogens with one attached hydrogen (secondary N) is 1. The topological polar surface area (TPSA) is 73.0 Å². The summed E-state index contributed by atoms with van der Waals surface area (Å²) in [6.45, 7) is 5.89. The molecule has 7 nitrogen and oxygen atoms in total. The summed E-state index contributed by atoms with van der Waals surface area (Å²) in [5.74, 6) is -0.532. The van der Waals surface area contributed by atoms with Gasteiger partial charge < -0.3 is 20.0 Å². The average Bonchev–Trinajstić information content (AvgIpc) is 2.85. The number of rotatable bonds is 5. The molecule has 0 aliphatic carbocycles. The van der Waals surface area contributed by atoms with Crippen molar-refractivity contribution in [2.75, 3.05) is 49.5 Å². The molecule has 2 aromatic carbocycles. The highest BCUT2D eigenvalue weighted by Gasteiger charge is 2.26. The highest BCUT2D eigenvalue weighted by atomic mass is 16.2. The van der Waals surface area contributed by atoms with E-state index >= 15 is 0 Å². The van der Waals surface area contributed by atoms with Gasteiger partial charge in [0, 0.05) is 56.2 Å². The summed E-state index contributed by atoms with van der Waals surface area (Å²) in [4.78, 5) is 43.6. The van der Waals surface area contributed by atoms with Gasteiger partial charge in [0.05, 0.1) is 0 Å². The zero-order valence-corrected chi connectivity index (χ0v) is 19.3. The van der Waals surface area contributed by atoms with E-state index in [4.69, 9.17) is 0 Å². The Labute approximate surface area is 195 Å². The van der Waals surface area contributed by atoms with Crippen LogP contribution in [0.4, 0.5) is 11.4 Å². The van der Waals surface area contributed by atoms with Gasteiger partial charge in [-0.3, -0.25) is 14.4 Å². The molecular weight excluding hydrogens is 416 g/mol. The fourth-order valence-corrected chi connectivity index (χ4v) is 4.50. The number of anilines is 2. The quantitative estimate of drug-likeness (QED) is 0.713. The zero-order chi connectivity index (χ0) is 23.2. The maximum atomic E-state index is 12.8. The van der Waals surface area contributed by atoms with E-state index in [0.717, 1.165) is 18.7 Å². The summed E-state index contributed by atoms with van der Waals surface area (Å²) in [7, 11) is 0. The first-order valence-electron chi connectivity index (χ1n) is 11.8. The van der Waals surface area contributed by atoms with E-state index in [1.165, 1.54) is 24.9 Å². The fraction of sp³-hybridized carbons (Fsp3) is 0.423. The van der Waals surface area contributed by atoms with Gasteiger partial charge in [-0.05, 0) is 62.1 Å². The molecule has 0 spiro atoms. The molecule has 0 radical (unpaired) electrons. The number of piperazine rings is 1. The molecule has 0 atom stereocenters. The average molecular weight is 449 g/mol. The fourth-order valence-electron chi connectivity index (χ4n) is 4.50. The Morgan fingerprint density at radius 3 is 2.09 bits per heavy atom. The molecule has 2 aromatic rings. The molecule has 0 bridgehead atoms. The van der Waals surface area contributed by atoms with Crippen LogP contribution in [0.15, 0.2) is 48.5 Å². The van der Waals surface area contributed by atoms with Crippen LogP contribution >= 0.6 is 0 Å². The number of hydrogen-bond donors (Lipinski definition) is 1. The van der Waals surface area contributed by atoms with E-state index in [9.17, 15) is 14.4 Å². The van der Waals surface area contributed by atoms with E-state index in [0.29, 0.717) is 37.4 Å². The number of benzene rings is 2. The third kappa shape index (κ3) is 5.72.